The Balaban J connectivity index is -0.000000247. The van der Waals surface area contributed by atoms with E-state index >= 15 is 0 Å². The van der Waals surface area contributed by atoms with Crippen LogP contribution in [0.3, 0.4) is 0 Å². The Kier molecular flexibility index (Phi) is 59.2. The van der Waals surface area contributed by atoms with Gasteiger partial charge in [0.25, 0.3) is 0 Å². The molecule has 5 heteroatoms. The molecule has 258 valence electrons. The quantitative estimate of drug-likeness (QED) is 0.0570. The number of carbonyl (C=O) groups is 2. The molecular weight excluding hydrogens is 639 g/mol. The average molecular weight is 718 g/mol. The molecule has 0 saturated carbocycles. The van der Waals surface area contributed by atoms with Crippen molar-refractivity contribution in [1.82, 2.24) is 0 Å². The number of aliphatic carboxylic acids is 2. The van der Waals surface area contributed by atoms with Crippen molar-refractivity contribution in [2.45, 2.75) is 230 Å². The Morgan fingerprint density at radius 2 is 0.558 bits per heavy atom. The third kappa shape index (κ3) is 69.8. The van der Waals surface area contributed by atoms with Crippen LogP contribution in [0.1, 0.15) is 221 Å². The summed E-state index contributed by atoms with van der Waals surface area (Å²) in [7, 11) is 0. The molecule has 0 heterocycles. The minimum absolute atomic E-state index is 0.149. The van der Waals surface area contributed by atoms with Crippen LogP contribution in [0.2, 0.25) is 8.87 Å². The van der Waals surface area contributed by atoms with Gasteiger partial charge in [-0.1, -0.05) is 156 Å². The first-order valence-corrected chi connectivity index (χ1v) is 23.0. The van der Waals surface area contributed by atoms with Gasteiger partial charge in [-0.25, -0.2) is 0 Å². The summed E-state index contributed by atoms with van der Waals surface area (Å²) >= 11 is 0.149. The summed E-state index contributed by atoms with van der Waals surface area (Å²) in [5, 5.41) is 20.2. The molecule has 0 fully saturated rings. The first kappa shape index (κ1) is 49.6. The molecular formula is C38H78O4Sn. The van der Waals surface area contributed by atoms with Crippen LogP contribution >= 0.6 is 0 Å². The van der Waals surface area contributed by atoms with Crippen LogP contribution < -0.4 is 10.2 Å². The Morgan fingerprint density at radius 3 is 0.791 bits per heavy atom. The van der Waals surface area contributed by atoms with Crippen LogP contribution in [0.25, 0.3) is 0 Å². The molecule has 0 aromatic rings. The van der Waals surface area contributed by atoms with E-state index in [0.717, 1.165) is 25.7 Å². The van der Waals surface area contributed by atoms with E-state index in [1.165, 1.54) is 141 Å². The van der Waals surface area contributed by atoms with Crippen molar-refractivity contribution in [3.8, 4) is 0 Å². The molecule has 0 unspecified atom stereocenters. The second-order valence-corrected chi connectivity index (χ2v) is 16.3. The Morgan fingerprint density at radius 1 is 0.349 bits per heavy atom. The van der Waals surface area contributed by atoms with E-state index < -0.39 is 11.9 Å². The van der Waals surface area contributed by atoms with Gasteiger partial charge in [-0.2, -0.15) is 0 Å². The van der Waals surface area contributed by atoms with E-state index in [1.54, 1.807) is 8.87 Å². The number of carboxylic acid groups (broad SMARTS) is 2. The van der Waals surface area contributed by atoms with Gasteiger partial charge in [0.05, 0.1) is 0 Å². The molecule has 0 aromatic carbocycles. The number of carbonyl (C=O) groups excluding carboxylic acids is 2. The fraction of sp³-hybridized carbons (Fsp3) is 0.947. The van der Waals surface area contributed by atoms with E-state index in [2.05, 4.69) is 41.5 Å². The Labute approximate surface area is 282 Å². The first-order chi connectivity index (χ1) is 20.9. The van der Waals surface area contributed by atoms with E-state index in [0.29, 0.717) is 0 Å². The number of rotatable bonds is 29. The second kappa shape index (κ2) is 51.3. The van der Waals surface area contributed by atoms with Crippen molar-refractivity contribution in [3.63, 3.8) is 0 Å². The van der Waals surface area contributed by atoms with E-state index in [-0.39, 0.29) is 34.0 Å². The number of hydrogen-bond acceptors (Lipinski definition) is 4. The van der Waals surface area contributed by atoms with Gasteiger partial charge in [0.15, 0.2) is 0 Å². The maximum atomic E-state index is 10.1. The molecule has 0 bridgehead atoms. The van der Waals surface area contributed by atoms with E-state index in [1.807, 2.05) is 0 Å². The molecule has 0 N–H and O–H groups in total. The summed E-state index contributed by atoms with van der Waals surface area (Å²) in [6.07, 6.45) is 33.7. The molecule has 0 aliphatic carbocycles. The summed E-state index contributed by atoms with van der Waals surface area (Å²) in [6.45, 7) is 13.5. The zero-order chi connectivity index (χ0) is 33.1. The zero-order valence-corrected chi connectivity index (χ0v) is 33.2. The van der Waals surface area contributed by atoms with Gasteiger partial charge < -0.3 is 19.8 Å². The number of unbranched alkanes of at least 4 members (excludes halogenated alkanes) is 21. The van der Waals surface area contributed by atoms with Crippen molar-refractivity contribution in [3.05, 3.63) is 0 Å². The van der Waals surface area contributed by atoms with Gasteiger partial charge in [-0.05, 0) is 25.7 Å². The van der Waals surface area contributed by atoms with Crippen LogP contribution in [0.5, 0.6) is 0 Å². The number of hydrogen-bond donors (Lipinski definition) is 0. The monoisotopic (exact) mass is 718 g/mol. The van der Waals surface area contributed by atoms with Gasteiger partial charge >= 0.3 is 69.5 Å². The first-order valence-electron chi connectivity index (χ1n) is 19.0. The predicted octanol–water partition coefficient (Wildman–Crippen LogP) is 11.0. The molecule has 0 radical (unpaired) electrons. The Hall–Kier alpha value is -0.261. The molecule has 0 aliphatic heterocycles. The minimum atomic E-state index is -0.909. The van der Waals surface area contributed by atoms with Crippen LogP contribution in [-0.4, -0.2) is 33.1 Å². The molecule has 0 atom stereocenters. The van der Waals surface area contributed by atoms with Crippen molar-refractivity contribution < 1.29 is 19.8 Å². The number of carboxylic acids is 2. The molecule has 43 heavy (non-hydrogen) atoms. The third-order valence-corrected chi connectivity index (χ3v) is 11.4. The summed E-state index contributed by atoms with van der Waals surface area (Å²) in [5.74, 6) is -1.82. The molecule has 0 aromatic heterocycles. The summed E-state index contributed by atoms with van der Waals surface area (Å²) in [5.41, 5.74) is 0. The topological polar surface area (TPSA) is 80.3 Å². The van der Waals surface area contributed by atoms with E-state index in [9.17, 15) is 19.8 Å². The Bertz CT molecular complexity index is 443. The second-order valence-electron chi connectivity index (χ2n) is 12.1. The molecule has 0 aliphatic rings. The zero-order valence-electron chi connectivity index (χ0n) is 30.3. The van der Waals surface area contributed by atoms with Gasteiger partial charge in [0, 0.05) is 11.9 Å². The van der Waals surface area contributed by atoms with Crippen molar-refractivity contribution in [2.24, 2.45) is 0 Å². The summed E-state index contributed by atoms with van der Waals surface area (Å²) in [6, 6.07) is 0. The van der Waals surface area contributed by atoms with Crippen molar-refractivity contribution in [1.29, 1.82) is 0 Å². The summed E-state index contributed by atoms with van der Waals surface area (Å²) in [4.78, 5) is 20.2. The van der Waals surface area contributed by atoms with Crippen LogP contribution in [0.4, 0.5) is 0 Å². The molecule has 0 rings (SSSR count). The normalized spacial score (nSPS) is 9.91. The third-order valence-electron chi connectivity index (χ3n) is 7.34. The molecule has 4 nitrogen and oxygen atoms in total. The fourth-order valence-electron chi connectivity index (χ4n) is 4.39. The van der Waals surface area contributed by atoms with Crippen molar-refractivity contribution in [2.75, 3.05) is 0 Å². The maximum absolute atomic E-state index is 10.1. The summed E-state index contributed by atoms with van der Waals surface area (Å²) < 4.78 is 3.25. The van der Waals surface area contributed by atoms with Crippen LogP contribution in [0.15, 0.2) is 0 Å². The fourth-order valence-corrected chi connectivity index (χ4v) is 8.55. The average Bonchev–Trinajstić information content (AvgIpc) is 2.99. The molecule has 0 amide bonds. The molecule has 0 saturated heterocycles. The van der Waals surface area contributed by atoms with Crippen LogP contribution in [-0.2, 0) is 9.59 Å². The van der Waals surface area contributed by atoms with Gasteiger partial charge in [0.1, 0.15) is 0 Å². The standard InChI is InChI=1S/2C12H24O2.C6H14.2C4H9.Sn/c2*1-2-3-4-5-6-7-8-9-10-11-12(13)14;1-3-5-6-4-2;2*1-3-4-2;/h2*2-11H2,1H3,(H,13,14);3-6H2,1-2H3;2*1,3-4H2,2H3;/q;;;;;+2/p-2. The van der Waals surface area contributed by atoms with Gasteiger partial charge in [0.2, 0.25) is 0 Å². The SMILES string of the molecule is CCCCCC.CCCCCCCCCCCC(=O)[O-].CCCCCCCCCCCC(=O)[O-].CCC[CH2][Sn+2][CH2]CCC. The molecule has 0 spiro atoms. The van der Waals surface area contributed by atoms with Gasteiger partial charge in [-0.3, -0.25) is 0 Å². The van der Waals surface area contributed by atoms with Gasteiger partial charge in [-0.15, -0.1) is 0 Å². The predicted molar refractivity (Wildman–Crippen MR) is 189 cm³/mol. The van der Waals surface area contributed by atoms with Crippen molar-refractivity contribution >= 4 is 33.1 Å². The van der Waals surface area contributed by atoms with E-state index in [4.69, 9.17) is 0 Å². The van der Waals surface area contributed by atoms with Crippen LogP contribution in [0, 0.1) is 0 Å².